The fraction of sp³-hybridized carbons (Fsp3) is 0.370. The minimum atomic E-state index is -0.383. The molecular formula is C27H30FN3O2. The number of rotatable bonds is 5. The predicted octanol–water partition coefficient (Wildman–Crippen LogP) is 4.29. The molecule has 0 radical (unpaired) electrons. The molecule has 0 spiro atoms. The molecule has 0 aliphatic carbocycles. The van der Waals surface area contributed by atoms with Gasteiger partial charge in [-0.25, -0.2) is 4.39 Å². The molecule has 2 aliphatic rings. The molecule has 2 heterocycles. The number of nitrogens with zero attached hydrogens (tertiary/aromatic N) is 2. The molecule has 172 valence electrons. The van der Waals surface area contributed by atoms with Crippen LogP contribution in [-0.4, -0.2) is 49.6 Å². The molecule has 5 rings (SSSR count). The number of halogens is 1. The van der Waals surface area contributed by atoms with Gasteiger partial charge in [-0.15, -0.1) is 0 Å². The lowest BCUT2D eigenvalue weighted by Crippen LogP contribution is -2.52. The minimum absolute atomic E-state index is 0.0572. The van der Waals surface area contributed by atoms with Crippen molar-refractivity contribution in [2.24, 2.45) is 5.73 Å². The quantitative estimate of drug-likeness (QED) is 0.634. The number of primary amides is 1. The van der Waals surface area contributed by atoms with Gasteiger partial charge in [0.15, 0.2) is 0 Å². The summed E-state index contributed by atoms with van der Waals surface area (Å²) in [7, 11) is 0. The zero-order valence-electron chi connectivity index (χ0n) is 19.0. The molecule has 3 aromatic carbocycles. The van der Waals surface area contributed by atoms with E-state index in [2.05, 4.69) is 28.9 Å². The van der Waals surface area contributed by atoms with E-state index in [1.807, 2.05) is 30.3 Å². The summed E-state index contributed by atoms with van der Waals surface area (Å²) < 4.78 is 19.6. The van der Waals surface area contributed by atoms with Gasteiger partial charge in [0.05, 0.1) is 12.7 Å². The van der Waals surface area contributed by atoms with Crippen LogP contribution in [0.1, 0.15) is 40.9 Å². The van der Waals surface area contributed by atoms with Gasteiger partial charge in [0.1, 0.15) is 5.82 Å². The average Bonchev–Trinajstić information content (AvgIpc) is 2.82. The van der Waals surface area contributed by atoms with E-state index in [4.69, 9.17) is 10.5 Å². The van der Waals surface area contributed by atoms with Crippen molar-refractivity contribution >= 4 is 22.4 Å². The van der Waals surface area contributed by atoms with Crippen molar-refractivity contribution in [1.29, 1.82) is 0 Å². The number of anilines is 1. The number of amides is 1. The van der Waals surface area contributed by atoms with Crippen molar-refractivity contribution in [3.63, 3.8) is 0 Å². The number of fused-ring (bicyclic) bond motifs is 2. The maximum Gasteiger partial charge on any atom is 0.248 e. The minimum Gasteiger partial charge on any atom is -0.373 e. The lowest BCUT2D eigenvalue weighted by atomic mass is 9.93. The molecule has 0 bridgehead atoms. The monoisotopic (exact) mass is 447 g/mol. The molecule has 2 aliphatic heterocycles. The Kier molecular flexibility index (Phi) is 6.04. The van der Waals surface area contributed by atoms with E-state index >= 15 is 0 Å². The second kappa shape index (κ2) is 9.12. The van der Waals surface area contributed by atoms with Gasteiger partial charge >= 0.3 is 0 Å². The zero-order chi connectivity index (χ0) is 22.9. The highest BCUT2D eigenvalue weighted by atomic mass is 19.1. The molecule has 1 saturated heterocycles. The number of hydrogen-bond donors (Lipinski definition) is 1. The molecule has 1 amide bonds. The van der Waals surface area contributed by atoms with Crippen molar-refractivity contribution in [1.82, 2.24) is 4.90 Å². The number of nitrogens with two attached hydrogens (primary N) is 1. The molecule has 3 aromatic rings. The highest BCUT2D eigenvalue weighted by Gasteiger charge is 2.27. The molecule has 0 aromatic heterocycles. The predicted molar refractivity (Wildman–Crippen MR) is 129 cm³/mol. The van der Waals surface area contributed by atoms with Crippen LogP contribution in [0.4, 0.5) is 10.1 Å². The van der Waals surface area contributed by atoms with Crippen molar-refractivity contribution in [3.05, 3.63) is 77.1 Å². The number of hydrogen-bond acceptors (Lipinski definition) is 4. The van der Waals surface area contributed by atoms with Gasteiger partial charge in [-0.1, -0.05) is 18.2 Å². The third-order valence-electron chi connectivity index (χ3n) is 7.06. The molecular weight excluding hydrogens is 417 g/mol. The van der Waals surface area contributed by atoms with E-state index in [-0.39, 0.29) is 17.8 Å². The lowest BCUT2D eigenvalue weighted by molar-refractivity contribution is 0.0255. The Morgan fingerprint density at radius 1 is 1.09 bits per heavy atom. The van der Waals surface area contributed by atoms with Crippen molar-refractivity contribution in [2.75, 3.05) is 37.7 Å². The van der Waals surface area contributed by atoms with Gasteiger partial charge < -0.3 is 15.4 Å². The van der Waals surface area contributed by atoms with E-state index in [1.54, 1.807) is 6.07 Å². The Labute approximate surface area is 193 Å². The molecule has 6 heteroatoms. The first-order valence-corrected chi connectivity index (χ1v) is 11.7. The largest absolute Gasteiger partial charge is 0.373 e. The highest BCUT2D eigenvalue weighted by Crippen LogP contribution is 2.31. The average molecular weight is 448 g/mol. The molecule has 0 unspecified atom stereocenters. The summed E-state index contributed by atoms with van der Waals surface area (Å²) in [5, 5.41) is 2.00. The fourth-order valence-corrected chi connectivity index (χ4v) is 5.18. The summed E-state index contributed by atoms with van der Waals surface area (Å²) in [5.41, 5.74) is 9.56. The summed E-state index contributed by atoms with van der Waals surface area (Å²) in [6.45, 7) is 6.82. The van der Waals surface area contributed by atoms with Gasteiger partial charge in [-0.05, 0) is 78.1 Å². The summed E-state index contributed by atoms with van der Waals surface area (Å²) in [6, 6.07) is 17.4. The maximum absolute atomic E-state index is 13.5. The molecule has 2 N–H and O–H groups in total. The SMILES string of the molecule is C[C@@H]1CN(c2ccc3cc(F)ccc3c2)CCN1CC[C@@H]1OCCc2cc(C(N)=O)ccc21. The molecule has 1 fully saturated rings. The van der Waals surface area contributed by atoms with Crippen LogP contribution < -0.4 is 10.6 Å². The van der Waals surface area contributed by atoms with Crippen LogP contribution in [-0.2, 0) is 11.2 Å². The standard InChI is InChI=1S/C27H30FN3O2/c1-18-17-31(24-6-3-19-15-23(28)5-2-20(19)16-24)12-11-30(18)10-8-26-25-7-4-22(27(29)32)14-21(25)9-13-33-26/h2-7,14-16,18,26H,8-13,17H2,1H3,(H2,29,32)/t18-,26+/m1/s1. The Morgan fingerprint density at radius 2 is 1.91 bits per heavy atom. The first-order valence-electron chi connectivity index (χ1n) is 11.7. The Hall–Kier alpha value is -2.96. The van der Waals surface area contributed by atoms with Crippen molar-refractivity contribution in [2.45, 2.75) is 31.9 Å². The zero-order valence-corrected chi connectivity index (χ0v) is 19.0. The molecule has 0 saturated carbocycles. The second-order valence-corrected chi connectivity index (χ2v) is 9.18. The summed E-state index contributed by atoms with van der Waals surface area (Å²) in [4.78, 5) is 16.5. The molecule has 33 heavy (non-hydrogen) atoms. The number of benzene rings is 3. The van der Waals surface area contributed by atoms with Crippen LogP contribution >= 0.6 is 0 Å². The second-order valence-electron chi connectivity index (χ2n) is 9.18. The van der Waals surface area contributed by atoms with Crippen molar-refractivity contribution in [3.8, 4) is 0 Å². The van der Waals surface area contributed by atoms with E-state index in [0.717, 1.165) is 49.8 Å². The van der Waals surface area contributed by atoms with Gasteiger partial charge in [0.2, 0.25) is 5.91 Å². The van der Waals surface area contributed by atoms with Gasteiger partial charge in [0, 0.05) is 43.5 Å². The van der Waals surface area contributed by atoms with Crippen LogP contribution in [0.25, 0.3) is 10.8 Å². The Balaban J connectivity index is 1.21. The third kappa shape index (κ3) is 4.59. The van der Waals surface area contributed by atoms with Crippen LogP contribution in [0.5, 0.6) is 0 Å². The normalized spacial score (nSPS) is 21.2. The Bertz CT molecular complexity index is 1180. The van der Waals surface area contributed by atoms with E-state index in [0.29, 0.717) is 18.2 Å². The van der Waals surface area contributed by atoms with Crippen LogP contribution in [0, 0.1) is 5.82 Å². The van der Waals surface area contributed by atoms with Crippen molar-refractivity contribution < 1.29 is 13.9 Å². The topological polar surface area (TPSA) is 58.8 Å². The summed E-state index contributed by atoms with van der Waals surface area (Å²) in [5.74, 6) is -0.582. The molecule has 2 atom stereocenters. The Morgan fingerprint density at radius 3 is 2.73 bits per heavy atom. The van der Waals surface area contributed by atoms with E-state index in [1.165, 1.54) is 22.9 Å². The summed E-state index contributed by atoms with van der Waals surface area (Å²) in [6.07, 6.45) is 1.80. The van der Waals surface area contributed by atoms with Gasteiger partial charge in [0.25, 0.3) is 0 Å². The lowest BCUT2D eigenvalue weighted by Gasteiger charge is -2.41. The smallest absolute Gasteiger partial charge is 0.248 e. The first-order chi connectivity index (χ1) is 16.0. The van der Waals surface area contributed by atoms with Crippen LogP contribution in [0.15, 0.2) is 54.6 Å². The third-order valence-corrected chi connectivity index (χ3v) is 7.06. The van der Waals surface area contributed by atoms with Crippen LogP contribution in [0.3, 0.4) is 0 Å². The van der Waals surface area contributed by atoms with Crippen LogP contribution in [0.2, 0.25) is 0 Å². The maximum atomic E-state index is 13.5. The first kappa shape index (κ1) is 21.9. The van der Waals surface area contributed by atoms with E-state index in [9.17, 15) is 9.18 Å². The van der Waals surface area contributed by atoms with Gasteiger partial charge in [-0.2, -0.15) is 0 Å². The summed E-state index contributed by atoms with van der Waals surface area (Å²) >= 11 is 0. The number of carbonyl (C=O) groups excluding carboxylic acids is 1. The highest BCUT2D eigenvalue weighted by molar-refractivity contribution is 5.93. The number of ether oxygens (including phenoxy) is 1. The van der Waals surface area contributed by atoms with Gasteiger partial charge in [-0.3, -0.25) is 9.69 Å². The number of piperazine rings is 1. The number of carbonyl (C=O) groups is 1. The van der Waals surface area contributed by atoms with E-state index < -0.39 is 0 Å². The molecule has 5 nitrogen and oxygen atoms in total. The fourth-order valence-electron chi connectivity index (χ4n) is 5.18.